The summed E-state index contributed by atoms with van der Waals surface area (Å²) in [6.07, 6.45) is 1.87. The Labute approximate surface area is 122 Å². The Morgan fingerprint density at radius 1 is 1.35 bits per heavy atom. The Morgan fingerprint density at radius 2 is 2.10 bits per heavy atom. The van der Waals surface area contributed by atoms with Gasteiger partial charge in [-0.2, -0.15) is 4.31 Å². The molecule has 0 amide bonds. The number of nitrogens with one attached hydrogen (secondary N) is 1. The van der Waals surface area contributed by atoms with E-state index < -0.39 is 10.0 Å². The fraction of sp³-hybridized carbons (Fsp3) is 0.600. The maximum Gasteiger partial charge on any atom is 0.243 e. The van der Waals surface area contributed by atoms with Crippen LogP contribution >= 0.6 is 0 Å². The number of rotatable bonds is 5. The largest absolute Gasteiger partial charge is 0.316 e. The topological polar surface area (TPSA) is 49.4 Å². The van der Waals surface area contributed by atoms with Crippen LogP contribution in [0, 0.1) is 5.92 Å². The van der Waals surface area contributed by atoms with E-state index in [1.807, 2.05) is 19.2 Å². The first-order valence-electron chi connectivity index (χ1n) is 7.25. The van der Waals surface area contributed by atoms with Crippen molar-refractivity contribution in [2.75, 3.05) is 20.1 Å². The molecule has 0 saturated carbocycles. The molecule has 0 aliphatic carbocycles. The normalized spacial score (nSPS) is 20.4. The van der Waals surface area contributed by atoms with Crippen LogP contribution in [0.3, 0.4) is 0 Å². The van der Waals surface area contributed by atoms with Gasteiger partial charge < -0.3 is 5.32 Å². The van der Waals surface area contributed by atoms with E-state index >= 15 is 0 Å². The first-order chi connectivity index (χ1) is 9.48. The van der Waals surface area contributed by atoms with E-state index in [2.05, 4.69) is 19.2 Å². The van der Waals surface area contributed by atoms with Crippen molar-refractivity contribution in [3.63, 3.8) is 0 Å². The predicted molar refractivity (Wildman–Crippen MR) is 81.1 cm³/mol. The maximum absolute atomic E-state index is 12.6. The molecule has 1 unspecified atom stereocenters. The Kier molecular flexibility index (Phi) is 4.83. The Hall–Kier alpha value is -0.910. The SMILES string of the molecule is CCc1ccc(S(=O)(=O)N2CCC(C)C2)cc1CNC. The van der Waals surface area contributed by atoms with Gasteiger partial charge >= 0.3 is 0 Å². The fourth-order valence-corrected chi connectivity index (χ4v) is 4.35. The Morgan fingerprint density at radius 3 is 2.65 bits per heavy atom. The molecule has 4 nitrogen and oxygen atoms in total. The fourth-order valence-electron chi connectivity index (χ4n) is 2.72. The quantitative estimate of drug-likeness (QED) is 0.904. The van der Waals surface area contributed by atoms with Gasteiger partial charge in [-0.05, 0) is 49.1 Å². The van der Waals surface area contributed by atoms with E-state index in [9.17, 15) is 8.42 Å². The molecule has 2 rings (SSSR count). The zero-order chi connectivity index (χ0) is 14.8. The lowest BCUT2D eigenvalue weighted by Gasteiger charge is -2.17. The highest BCUT2D eigenvalue weighted by molar-refractivity contribution is 7.89. The van der Waals surface area contributed by atoms with Crippen molar-refractivity contribution in [2.45, 2.75) is 38.1 Å². The summed E-state index contributed by atoms with van der Waals surface area (Å²) in [5.74, 6) is 0.455. The van der Waals surface area contributed by atoms with Crippen molar-refractivity contribution in [1.82, 2.24) is 9.62 Å². The van der Waals surface area contributed by atoms with Gasteiger partial charge in [-0.25, -0.2) is 8.42 Å². The van der Waals surface area contributed by atoms with Crippen LogP contribution in [0.2, 0.25) is 0 Å². The van der Waals surface area contributed by atoms with E-state index in [4.69, 9.17) is 0 Å². The third-order valence-electron chi connectivity index (χ3n) is 3.95. The average Bonchev–Trinajstić information content (AvgIpc) is 2.86. The molecule has 1 saturated heterocycles. The zero-order valence-corrected chi connectivity index (χ0v) is 13.3. The summed E-state index contributed by atoms with van der Waals surface area (Å²) >= 11 is 0. The molecule has 5 heteroatoms. The Bertz CT molecular complexity index is 569. The summed E-state index contributed by atoms with van der Waals surface area (Å²) in [5, 5.41) is 3.11. The molecule has 1 aliphatic rings. The van der Waals surface area contributed by atoms with E-state index in [0.29, 0.717) is 30.4 Å². The lowest BCUT2D eigenvalue weighted by atomic mass is 10.1. The van der Waals surface area contributed by atoms with Crippen LogP contribution in [0.15, 0.2) is 23.1 Å². The molecule has 1 aromatic carbocycles. The van der Waals surface area contributed by atoms with Crippen LogP contribution in [0.25, 0.3) is 0 Å². The minimum atomic E-state index is -3.33. The van der Waals surface area contributed by atoms with Crippen LogP contribution in [-0.2, 0) is 23.0 Å². The molecule has 0 bridgehead atoms. The molecule has 1 fully saturated rings. The molecule has 0 radical (unpaired) electrons. The smallest absolute Gasteiger partial charge is 0.243 e. The van der Waals surface area contributed by atoms with Gasteiger partial charge in [-0.3, -0.25) is 0 Å². The molecular weight excluding hydrogens is 272 g/mol. The number of aryl methyl sites for hydroxylation is 1. The molecule has 1 aliphatic heterocycles. The van der Waals surface area contributed by atoms with Crippen molar-refractivity contribution < 1.29 is 8.42 Å². The van der Waals surface area contributed by atoms with Crippen LogP contribution in [0.1, 0.15) is 31.4 Å². The molecule has 1 N–H and O–H groups in total. The summed E-state index contributed by atoms with van der Waals surface area (Å²) in [5.41, 5.74) is 2.27. The lowest BCUT2D eigenvalue weighted by molar-refractivity contribution is 0.464. The summed E-state index contributed by atoms with van der Waals surface area (Å²) in [6.45, 7) is 6.16. The van der Waals surface area contributed by atoms with Crippen LogP contribution in [0.5, 0.6) is 0 Å². The second-order valence-corrected chi connectivity index (χ2v) is 7.51. The second kappa shape index (κ2) is 6.24. The van der Waals surface area contributed by atoms with Gasteiger partial charge in [-0.1, -0.05) is 19.9 Å². The number of hydrogen-bond acceptors (Lipinski definition) is 3. The van der Waals surface area contributed by atoms with Gasteiger partial charge in [0.1, 0.15) is 0 Å². The van der Waals surface area contributed by atoms with Crippen molar-refractivity contribution in [1.29, 1.82) is 0 Å². The number of benzene rings is 1. The van der Waals surface area contributed by atoms with Gasteiger partial charge in [0.15, 0.2) is 0 Å². The molecule has 1 atom stereocenters. The van der Waals surface area contributed by atoms with E-state index in [1.165, 1.54) is 5.56 Å². The van der Waals surface area contributed by atoms with E-state index in [0.717, 1.165) is 18.4 Å². The highest BCUT2D eigenvalue weighted by atomic mass is 32.2. The number of sulfonamides is 1. The molecule has 20 heavy (non-hydrogen) atoms. The van der Waals surface area contributed by atoms with Crippen molar-refractivity contribution in [2.24, 2.45) is 5.92 Å². The predicted octanol–water partition coefficient (Wildman–Crippen LogP) is 2.00. The van der Waals surface area contributed by atoms with E-state index in [-0.39, 0.29) is 0 Å². The van der Waals surface area contributed by atoms with Crippen LogP contribution in [0.4, 0.5) is 0 Å². The Balaban J connectivity index is 2.34. The second-order valence-electron chi connectivity index (χ2n) is 5.57. The van der Waals surface area contributed by atoms with Gasteiger partial charge in [-0.15, -0.1) is 0 Å². The molecule has 1 heterocycles. The average molecular weight is 296 g/mol. The molecule has 0 spiro atoms. The zero-order valence-electron chi connectivity index (χ0n) is 12.5. The highest BCUT2D eigenvalue weighted by Crippen LogP contribution is 2.25. The standard InChI is InChI=1S/C15H24N2O2S/c1-4-13-5-6-15(9-14(13)10-16-3)20(18,19)17-8-7-12(2)11-17/h5-6,9,12,16H,4,7-8,10-11H2,1-3H3. The minimum Gasteiger partial charge on any atom is -0.316 e. The van der Waals surface area contributed by atoms with Crippen LogP contribution < -0.4 is 5.32 Å². The third kappa shape index (κ3) is 3.05. The summed E-state index contributed by atoms with van der Waals surface area (Å²) in [4.78, 5) is 0.425. The van der Waals surface area contributed by atoms with Gasteiger partial charge in [0.25, 0.3) is 0 Å². The van der Waals surface area contributed by atoms with E-state index in [1.54, 1.807) is 10.4 Å². The van der Waals surface area contributed by atoms with Gasteiger partial charge in [0.2, 0.25) is 10.0 Å². The summed E-state index contributed by atoms with van der Waals surface area (Å²) in [6, 6.07) is 5.52. The van der Waals surface area contributed by atoms with Gasteiger partial charge in [0, 0.05) is 19.6 Å². The maximum atomic E-state index is 12.6. The van der Waals surface area contributed by atoms with Gasteiger partial charge in [0.05, 0.1) is 4.90 Å². The summed E-state index contributed by atoms with van der Waals surface area (Å²) < 4.78 is 26.9. The monoisotopic (exact) mass is 296 g/mol. The number of nitrogens with zero attached hydrogens (tertiary/aromatic N) is 1. The molecule has 1 aromatic rings. The first kappa shape index (κ1) is 15.5. The molecular formula is C15H24N2O2S. The molecule has 112 valence electrons. The van der Waals surface area contributed by atoms with Crippen molar-refractivity contribution >= 4 is 10.0 Å². The lowest BCUT2D eigenvalue weighted by Crippen LogP contribution is -2.28. The van der Waals surface area contributed by atoms with Crippen molar-refractivity contribution in [3.05, 3.63) is 29.3 Å². The number of hydrogen-bond donors (Lipinski definition) is 1. The summed E-state index contributed by atoms with van der Waals surface area (Å²) in [7, 11) is -1.45. The van der Waals surface area contributed by atoms with Crippen LogP contribution in [-0.4, -0.2) is 32.9 Å². The minimum absolute atomic E-state index is 0.425. The van der Waals surface area contributed by atoms with Crippen molar-refractivity contribution in [3.8, 4) is 0 Å². The first-order valence-corrected chi connectivity index (χ1v) is 8.69. The molecule has 0 aromatic heterocycles. The third-order valence-corrected chi connectivity index (χ3v) is 5.81. The highest BCUT2D eigenvalue weighted by Gasteiger charge is 2.30.